The van der Waals surface area contributed by atoms with Gasteiger partial charge in [0.15, 0.2) is 0 Å². The van der Waals surface area contributed by atoms with Crippen molar-refractivity contribution in [2.45, 2.75) is 33.8 Å². The maximum absolute atomic E-state index is 9.22. The highest BCUT2D eigenvalue weighted by atomic mass is 16.5. The van der Waals surface area contributed by atoms with Gasteiger partial charge in [-0.15, -0.1) is 0 Å². The minimum absolute atomic E-state index is 0.00570. The normalized spacial score (nSPS) is 11.5. The van der Waals surface area contributed by atoms with Crippen LogP contribution in [0.25, 0.3) is 0 Å². The summed E-state index contributed by atoms with van der Waals surface area (Å²) in [7, 11) is 1.73. The molecule has 1 rings (SSSR count). The molecule has 1 aromatic heterocycles. The number of anilines is 2. The molecule has 1 heterocycles. The highest BCUT2D eigenvalue weighted by Gasteiger charge is 2.17. The van der Waals surface area contributed by atoms with Gasteiger partial charge in [-0.2, -0.15) is 15.0 Å². The minimum atomic E-state index is -0.245. The van der Waals surface area contributed by atoms with Crippen LogP contribution in [-0.4, -0.2) is 46.4 Å². The third-order valence-electron chi connectivity index (χ3n) is 2.33. The summed E-state index contributed by atoms with van der Waals surface area (Å²) in [4.78, 5) is 12.5. The Kier molecular flexibility index (Phi) is 5.29. The first-order valence-electron chi connectivity index (χ1n) is 6.31. The zero-order valence-corrected chi connectivity index (χ0v) is 12.2. The van der Waals surface area contributed by atoms with Crippen molar-refractivity contribution in [1.82, 2.24) is 15.0 Å². The number of rotatable bonds is 7. The molecular weight excluding hydrogens is 246 g/mol. The van der Waals surface area contributed by atoms with E-state index in [0.29, 0.717) is 18.4 Å². The van der Waals surface area contributed by atoms with Gasteiger partial charge < -0.3 is 20.5 Å². The average molecular weight is 269 g/mol. The molecule has 0 spiro atoms. The molecule has 108 valence electrons. The second-order valence-electron chi connectivity index (χ2n) is 5.36. The number of nitrogens with one attached hydrogen (secondary N) is 2. The molecule has 0 aliphatic heterocycles. The van der Waals surface area contributed by atoms with E-state index in [1.807, 2.05) is 27.7 Å². The summed E-state index contributed by atoms with van der Waals surface area (Å²) in [5.41, 5.74) is -0.245. The molecule has 19 heavy (non-hydrogen) atoms. The quantitative estimate of drug-likeness (QED) is 0.683. The number of aliphatic hydroxyl groups is 1. The Hall–Kier alpha value is -1.63. The van der Waals surface area contributed by atoms with Crippen molar-refractivity contribution in [2.24, 2.45) is 5.41 Å². The average Bonchev–Trinajstić information content (AvgIpc) is 2.35. The van der Waals surface area contributed by atoms with Crippen molar-refractivity contribution in [3.05, 3.63) is 0 Å². The lowest BCUT2D eigenvalue weighted by atomic mass is 9.95. The third kappa shape index (κ3) is 5.25. The molecule has 7 heteroatoms. The summed E-state index contributed by atoms with van der Waals surface area (Å²) >= 11 is 0. The fourth-order valence-corrected chi connectivity index (χ4v) is 1.19. The molecular formula is C12H23N5O2. The maximum Gasteiger partial charge on any atom is 0.323 e. The van der Waals surface area contributed by atoms with Crippen LogP contribution in [0, 0.1) is 5.41 Å². The first-order chi connectivity index (χ1) is 8.86. The summed E-state index contributed by atoms with van der Waals surface area (Å²) in [6.07, 6.45) is -0.00570. The minimum Gasteiger partial charge on any atom is -0.461 e. The molecule has 0 unspecified atom stereocenters. The second kappa shape index (κ2) is 6.51. The predicted octanol–water partition coefficient (Wildman–Crippen LogP) is 1.13. The summed E-state index contributed by atoms with van der Waals surface area (Å²) in [6.45, 7) is 8.35. The summed E-state index contributed by atoms with van der Waals surface area (Å²) in [5, 5.41) is 15.2. The molecule has 0 saturated heterocycles. The lowest BCUT2D eigenvalue weighted by Gasteiger charge is -2.22. The Labute approximate surface area is 113 Å². The van der Waals surface area contributed by atoms with Crippen molar-refractivity contribution in [1.29, 1.82) is 0 Å². The number of ether oxygens (including phenoxy) is 1. The smallest absolute Gasteiger partial charge is 0.323 e. The van der Waals surface area contributed by atoms with Crippen molar-refractivity contribution >= 4 is 11.9 Å². The van der Waals surface area contributed by atoms with Crippen LogP contribution in [0.4, 0.5) is 11.9 Å². The number of hydrogen-bond acceptors (Lipinski definition) is 7. The molecule has 1 aromatic rings. The lowest BCUT2D eigenvalue weighted by molar-refractivity contribution is 0.170. The van der Waals surface area contributed by atoms with Gasteiger partial charge in [-0.25, -0.2) is 0 Å². The van der Waals surface area contributed by atoms with Crippen LogP contribution < -0.4 is 15.4 Å². The largest absolute Gasteiger partial charge is 0.461 e. The molecule has 0 aliphatic carbocycles. The number of aromatic nitrogens is 3. The van der Waals surface area contributed by atoms with Gasteiger partial charge >= 0.3 is 6.01 Å². The third-order valence-corrected chi connectivity index (χ3v) is 2.33. The Bertz CT molecular complexity index is 409. The Morgan fingerprint density at radius 3 is 2.37 bits per heavy atom. The van der Waals surface area contributed by atoms with Crippen LogP contribution in [0.15, 0.2) is 0 Å². The number of nitrogens with zero attached hydrogens (tertiary/aromatic N) is 3. The molecule has 3 N–H and O–H groups in total. The van der Waals surface area contributed by atoms with Gasteiger partial charge in [0, 0.05) is 25.6 Å². The monoisotopic (exact) mass is 269 g/mol. The molecule has 0 fully saturated rings. The zero-order chi connectivity index (χ0) is 14.5. The number of hydrogen-bond donors (Lipinski definition) is 3. The van der Waals surface area contributed by atoms with Gasteiger partial charge in [-0.3, -0.25) is 0 Å². The molecule has 0 aliphatic rings. The molecule has 0 aromatic carbocycles. The van der Waals surface area contributed by atoms with E-state index in [-0.39, 0.29) is 24.1 Å². The van der Waals surface area contributed by atoms with Crippen LogP contribution in [0.5, 0.6) is 6.01 Å². The van der Waals surface area contributed by atoms with Gasteiger partial charge in [0.2, 0.25) is 11.9 Å². The van der Waals surface area contributed by atoms with Crippen molar-refractivity contribution < 1.29 is 9.84 Å². The summed E-state index contributed by atoms with van der Waals surface area (Å²) < 4.78 is 5.46. The Balaban J connectivity index is 2.82. The first kappa shape index (κ1) is 15.4. The topological polar surface area (TPSA) is 92.2 Å². The van der Waals surface area contributed by atoms with Crippen molar-refractivity contribution in [3.63, 3.8) is 0 Å². The lowest BCUT2D eigenvalue weighted by Crippen LogP contribution is -2.27. The predicted molar refractivity (Wildman–Crippen MR) is 74.5 cm³/mol. The summed E-state index contributed by atoms with van der Waals surface area (Å²) in [6, 6.07) is 0.277. The summed E-state index contributed by atoms with van der Waals surface area (Å²) in [5.74, 6) is 0.867. The molecule has 0 atom stereocenters. The fraction of sp³-hybridized carbons (Fsp3) is 0.750. The van der Waals surface area contributed by atoms with Crippen LogP contribution in [0.2, 0.25) is 0 Å². The zero-order valence-electron chi connectivity index (χ0n) is 12.2. The molecule has 0 bridgehead atoms. The Morgan fingerprint density at radius 1 is 1.21 bits per heavy atom. The van der Waals surface area contributed by atoms with E-state index in [4.69, 9.17) is 4.74 Å². The van der Waals surface area contributed by atoms with Gasteiger partial charge in [0.1, 0.15) is 0 Å². The fourth-order valence-electron chi connectivity index (χ4n) is 1.19. The van der Waals surface area contributed by atoms with Gasteiger partial charge in [0.25, 0.3) is 0 Å². The van der Waals surface area contributed by atoms with E-state index in [9.17, 15) is 5.11 Å². The standard InChI is InChI=1S/C12H23N5O2/c1-8(2)19-11-16-9(13-5)15-10(17-11)14-6-12(3,4)7-18/h8,18H,6-7H2,1-5H3,(H2,13,14,15,16,17). The Morgan fingerprint density at radius 2 is 1.84 bits per heavy atom. The van der Waals surface area contributed by atoms with E-state index in [0.717, 1.165) is 0 Å². The maximum atomic E-state index is 9.22. The van der Waals surface area contributed by atoms with Crippen LogP contribution in [-0.2, 0) is 0 Å². The highest BCUT2D eigenvalue weighted by molar-refractivity contribution is 5.35. The highest BCUT2D eigenvalue weighted by Crippen LogP contribution is 2.16. The molecule has 0 radical (unpaired) electrons. The van der Waals surface area contributed by atoms with Crippen LogP contribution in [0.1, 0.15) is 27.7 Å². The van der Waals surface area contributed by atoms with E-state index in [2.05, 4.69) is 25.6 Å². The van der Waals surface area contributed by atoms with Crippen molar-refractivity contribution in [3.8, 4) is 6.01 Å². The first-order valence-corrected chi connectivity index (χ1v) is 6.31. The van der Waals surface area contributed by atoms with E-state index in [1.54, 1.807) is 7.05 Å². The van der Waals surface area contributed by atoms with Crippen LogP contribution >= 0.6 is 0 Å². The van der Waals surface area contributed by atoms with Gasteiger partial charge in [0.05, 0.1) is 6.10 Å². The van der Waals surface area contributed by atoms with Crippen LogP contribution in [0.3, 0.4) is 0 Å². The van der Waals surface area contributed by atoms with Gasteiger partial charge in [-0.1, -0.05) is 13.8 Å². The van der Waals surface area contributed by atoms with E-state index in [1.165, 1.54) is 0 Å². The molecule has 7 nitrogen and oxygen atoms in total. The van der Waals surface area contributed by atoms with Crippen molar-refractivity contribution in [2.75, 3.05) is 30.8 Å². The van der Waals surface area contributed by atoms with E-state index >= 15 is 0 Å². The molecule has 0 amide bonds. The van der Waals surface area contributed by atoms with E-state index < -0.39 is 0 Å². The number of aliphatic hydroxyl groups excluding tert-OH is 1. The van der Waals surface area contributed by atoms with Gasteiger partial charge in [-0.05, 0) is 13.8 Å². The SMILES string of the molecule is CNc1nc(NCC(C)(C)CO)nc(OC(C)C)n1. The second-order valence-corrected chi connectivity index (χ2v) is 5.36. The molecule has 0 saturated carbocycles.